The van der Waals surface area contributed by atoms with E-state index in [0.717, 1.165) is 25.9 Å². The van der Waals surface area contributed by atoms with Crippen molar-refractivity contribution >= 4 is 145 Å². The molecule has 0 radical (unpaired) electrons. The van der Waals surface area contributed by atoms with Gasteiger partial charge in [-0.1, -0.05) is 203 Å². The van der Waals surface area contributed by atoms with Crippen LogP contribution >= 0.6 is 0 Å². The van der Waals surface area contributed by atoms with Gasteiger partial charge in [0.25, 0.3) is 0 Å². The van der Waals surface area contributed by atoms with Gasteiger partial charge in [-0.3, -0.25) is 0 Å². The number of hydrogen-bond acceptors (Lipinski definition) is 12. The first kappa shape index (κ1) is 80.7. The normalized spacial score (nSPS) is 13.6. The van der Waals surface area contributed by atoms with E-state index < -0.39 is 119 Å². The van der Waals surface area contributed by atoms with Crippen molar-refractivity contribution in [3.8, 4) is 0 Å². The van der Waals surface area contributed by atoms with Gasteiger partial charge in [-0.25, -0.2) is 0 Å². The second kappa shape index (κ2) is 32.6. The molecule has 26 heteroatoms. The van der Waals surface area contributed by atoms with Crippen LogP contribution in [0.2, 0.25) is 118 Å². The average Bonchev–Trinajstić information content (AvgIpc) is 0.744. The minimum absolute atomic E-state index is 0.717. The van der Waals surface area contributed by atoms with Gasteiger partial charge >= 0.3 is 44.0 Å². The van der Waals surface area contributed by atoms with Gasteiger partial charge in [0.05, 0.1) is 0 Å². The summed E-state index contributed by atoms with van der Waals surface area (Å²) in [7, 11) is -43.5. The summed E-state index contributed by atoms with van der Waals surface area (Å²) >= 11 is 0. The van der Waals surface area contributed by atoms with Crippen LogP contribution in [-0.2, 0) is 49.4 Å². The number of hydrogen-bond donors (Lipinski definition) is 0. The fraction of sp³-hybridized carbons (Fsp3) is 0.273. The molecule has 5 aromatic carbocycles. The summed E-state index contributed by atoms with van der Waals surface area (Å²) in [4.78, 5) is 0. The van der Waals surface area contributed by atoms with Gasteiger partial charge in [0.2, 0.25) is 74.9 Å². The third-order valence-corrected chi connectivity index (χ3v) is 63.6. The third kappa shape index (κ3) is 23.0. The largest absolute Gasteiger partial charge is 0.512 e. The van der Waals surface area contributed by atoms with Crippen molar-refractivity contribution < 1.29 is 49.4 Å². The van der Waals surface area contributed by atoms with E-state index in [9.17, 15) is 0 Å². The van der Waals surface area contributed by atoms with Gasteiger partial charge in [0.15, 0.2) is 0 Å². The highest BCUT2D eigenvalue weighted by Crippen LogP contribution is 2.36. The predicted octanol–water partition coefficient (Wildman–Crippen LogP) is 14.8. The maximum Gasteiger partial charge on any atom is 0.512 e. The second-order valence-electron chi connectivity index (χ2n) is 27.1. The Morgan fingerprint density at radius 2 is 0.272 bits per heavy atom. The van der Waals surface area contributed by atoms with Crippen LogP contribution in [0.5, 0.6) is 0 Å². The minimum Gasteiger partial charge on any atom is -0.409 e. The third-order valence-electron chi connectivity index (χ3n) is 14.4. The maximum atomic E-state index is 7.89. The lowest BCUT2D eigenvalue weighted by atomic mass is 10.4. The van der Waals surface area contributed by atoms with Crippen molar-refractivity contribution in [2.75, 3.05) is 0 Å². The second-order valence-corrected chi connectivity index (χ2v) is 77.9. The Hall–Kier alpha value is -3.68. The standard InChI is InChI=1S/C38H60O7Si8.C28H46O5Si6/c1-16-46(6,7)39-51(40-47(8,9)17-2,36-30-24-21-25-31-36)44-53(43-50(14,15)20-5,38-34-28-23-29-35-38)45-52(41-48(10,11)18-3,42-49(12,13)19-4)37-32-26-22-27-33-37;1-13-34(5,6)29-38(30-35(7,8)14-2,27-23-19-17-20-24-27)33-39(31-36(9,10)15-3,32-37(11,12)16-4)28-25-21-18-22-26-28/h16-35H,1-5H2,6-15H3;13-26H,1-4H2,5-12H3. The summed E-state index contributed by atoms with van der Waals surface area (Å²) < 4.78 is 88.8. The molecule has 0 N–H and O–H groups in total. The molecular formula is C66H106O12Si14. The smallest absolute Gasteiger partial charge is 0.409 e. The molecule has 498 valence electrons. The first-order valence-corrected chi connectivity index (χ1v) is 66.5. The fourth-order valence-corrected chi connectivity index (χ4v) is 58.8. The maximum absolute atomic E-state index is 7.89. The van der Waals surface area contributed by atoms with Gasteiger partial charge in [0, 0.05) is 25.9 Å². The summed E-state index contributed by atoms with van der Waals surface area (Å²) in [6.07, 6.45) is 0. The van der Waals surface area contributed by atoms with Gasteiger partial charge in [-0.15, -0.1) is 59.2 Å². The molecule has 12 nitrogen and oxygen atoms in total. The van der Waals surface area contributed by atoms with E-state index in [1.54, 1.807) is 0 Å². The summed E-state index contributed by atoms with van der Waals surface area (Å²) in [6, 6.07) is 49.7. The van der Waals surface area contributed by atoms with E-state index in [1.165, 1.54) is 0 Å². The van der Waals surface area contributed by atoms with Crippen molar-refractivity contribution in [2.45, 2.75) is 118 Å². The molecule has 0 aliphatic heterocycles. The predicted molar refractivity (Wildman–Crippen MR) is 421 cm³/mol. The fourth-order valence-electron chi connectivity index (χ4n) is 8.43. The van der Waals surface area contributed by atoms with E-state index in [0.29, 0.717) is 0 Å². The quantitative estimate of drug-likeness (QED) is 0.0351. The van der Waals surface area contributed by atoms with Crippen LogP contribution in [-0.4, -0.2) is 119 Å². The minimum atomic E-state index is -4.35. The Balaban J connectivity index is 0.000000411. The lowest BCUT2D eigenvalue weighted by molar-refractivity contribution is 0.165. The van der Waals surface area contributed by atoms with E-state index >= 15 is 0 Å². The van der Waals surface area contributed by atoms with Crippen molar-refractivity contribution in [3.05, 3.63) is 262 Å². The van der Waals surface area contributed by atoms with Crippen molar-refractivity contribution in [2.24, 2.45) is 0 Å². The zero-order valence-electron chi connectivity index (χ0n) is 58.4. The van der Waals surface area contributed by atoms with Gasteiger partial charge in [0.1, 0.15) is 0 Å². The highest BCUT2D eigenvalue weighted by molar-refractivity contribution is 7.05. The lowest BCUT2D eigenvalue weighted by Gasteiger charge is -2.49. The van der Waals surface area contributed by atoms with Crippen LogP contribution in [0.15, 0.2) is 262 Å². The summed E-state index contributed by atoms with van der Waals surface area (Å²) in [5.74, 6) is 0. The molecule has 0 fully saturated rings. The molecule has 0 atom stereocenters. The molecule has 0 spiro atoms. The molecule has 0 bridgehead atoms. The van der Waals surface area contributed by atoms with Gasteiger partial charge in [-0.2, -0.15) is 0 Å². The molecule has 0 saturated heterocycles. The van der Waals surface area contributed by atoms with Crippen LogP contribution in [0, 0.1) is 0 Å². The Morgan fingerprint density at radius 1 is 0.174 bits per heavy atom. The zero-order valence-corrected chi connectivity index (χ0v) is 72.4. The summed E-state index contributed by atoms with van der Waals surface area (Å²) in [6.45, 7) is 75.0. The molecule has 0 heterocycles. The molecule has 5 aromatic rings. The molecule has 0 aromatic heterocycles. The molecular weight excluding hydrogens is 1380 g/mol. The highest BCUT2D eigenvalue weighted by atomic mass is 28.6. The topological polar surface area (TPSA) is 111 Å². The number of benzene rings is 5. The van der Waals surface area contributed by atoms with Crippen LogP contribution < -0.4 is 25.9 Å². The highest BCUT2D eigenvalue weighted by Gasteiger charge is 2.67. The molecule has 92 heavy (non-hydrogen) atoms. The van der Waals surface area contributed by atoms with Crippen LogP contribution in [0.25, 0.3) is 0 Å². The molecule has 0 aliphatic carbocycles. The monoisotopic (exact) mass is 1480 g/mol. The molecule has 5 rings (SSSR count). The van der Waals surface area contributed by atoms with E-state index in [1.807, 2.05) is 203 Å². The van der Waals surface area contributed by atoms with Gasteiger partial charge < -0.3 is 49.4 Å². The molecule has 0 unspecified atom stereocenters. The van der Waals surface area contributed by atoms with E-state index in [-0.39, 0.29) is 0 Å². The Kier molecular flexibility index (Phi) is 28.6. The zero-order chi connectivity index (χ0) is 69.4. The SMILES string of the molecule is C=C[Si](C)(C)O[Si](O[Si](C)(C)C=C)(O[Si](O[Si](C)(C)C=C)(O[Si](C)(C)C=C)c1ccccc1)c1ccccc1.C=C[Si](C)(C)O[Si](O[Si](C)(C)C=C)(O[Si](O[Si](C)(C)C=C)(O[Si](O[Si](C)(C)C=C)(O[Si](C)(C)C=C)c1ccccc1)c1ccccc1)c1ccccc1. The first-order valence-electron chi connectivity index (χ1n) is 31.0. The van der Waals surface area contributed by atoms with Crippen LogP contribution in [0.3, 0.4) is 0 Å². The first-order chi connectivity index (χ1) is 42.6. The Morgan fingerprint density at radius 3 is 0.370 bits per heavy atom. The Labute approximate surface area is 569 Å². The molecule has 0 amide bonds. The van der Waals surface area contributed by atoms with Crippen molar-refractivity contribution in [3.63, 3.8) is 0 Å². The molecule has 0 saturated carbocycles. The van der Waals surface area contributed by atoms with E-state index in [4.69, 9.17) is 49.4 Å². The van der Waals surface area contributed by atoms with Crippen molar-refractivity contribution in [1.29, 1.82) is 0 Å². The average molecular weight is 1480 g/mol. The van der Waals surface area contributed by atoms with E-state index in [2.05, 4.69) is 177 Å². The Bertz CT molecular complexity index is 2990. The summed E-state index contributed by atoms with van der Waals surface area (Å²) in [5.41, 5.74) is 17.1. The van der Waals surface area contributed by atoms with Crippen LogP contribution in [0.4, 0.5) is 0 Å². The molecule has 0 aliphatic rings. The van der Waals surface area contributed by atoms with Crippen molar-refractivity contribution in [1.82, 2.24) is 0 Å². The lowest BCUT2D eigenvalue weighted by Crippen LogP contribution is -2.78. The van der Waals surface area contributed by atoms with Crippen LogP contribution in [0.1, 0.15) is 0 Å². The number of rotatable bonds is 38. The summed E-state index contributed by atoms with van der Waals surface area (Å²) in [5, 5.41) is 3.98. The van der Waals surface area contributed by atoms with Gasteiger partial charge in [-0.05, 0) is 118 Å².